The van der Waals surface area contributed by atoms with Crippen molar-refractivity contribution in [2.45, 2.75) is 33.1 Å². The highest BCUT2D eigenvalue weighted by Crippen LogP contribution is 2.09. The van der Waals surface area contributed by atoms with Crippen molar-refractivity contribution in [2.24, 2.45) is 0 Å². The molecule has 2 heterocycles. The summed E-state index contributed by atoms with van der Waals surface area (Å²) in [4.78, 5) is 22.3. The lowest BCUT2D eigenvalue weighted by atomic mass is 10.3. The predicted octanol–water partition coefficient (Wildman–Crippen LogP) is 1.52. The fraction of sp³-hybridized carbons (Fsp3) is 0.615. The van der Waals surface area contributed by atoms with Gasteiger partial charge in [0.2, 0.25) is 5.91 Å². The summed E-state index contributed by atoms with van der Waals surface area (Å²) < 4.78 is 0. The molecule has 0 saturated carbocycles. The van der Waals surface area contributed by atoms with Crippen molar-refractivity contribution in [3.05, 3.63) is 17.6 Å². The number of likely N-dealkylation sites (tertiary alicyclic amines) is 1. The molecule has 0 atom stereocenters. The molecule has 18 heavy (non-hydrogen) atoms. The van der Waals surface area contributed by atoms with Crippen LogP contribution in [0.5, 0.6) is 0 Å². The third-order valence-electron chi connectivity index (χ3n) is 3.07. The third-order valence-corrected chi connectivity index (χ3v) is 3.07. The van der Waals surface area contributed by atoms with Gasteiger partial charge < -0.3 is 10.2 Å². The molecule has 0 aromatic carbocycles. The van der Waals surface area contributed by atoms with Crippen LogP contribution < -0.4 is 5.32 Å². The summed E-state index contributed by atoms with van der Waals surface area (Å²) in [6.45, 7) is 6.28. The van der Waals surface area contributed by atoms with E-state index < -0.39 is 0 Å². The van der Waals surface area contributed by atoms with Gasteiger partial charge in [0.05, 0.1) is 0 Å². The monoisotopic (exact) mass is 248 g/mol. The number of hydrogen-bond acceptors (Lipinski definition) is 4. The van der Waals surface area contributed by atoms with Crippen LogP contribution in [0.2, 0.25) is 0 Å². The molecular weight excluding hydrogens is 228 g/mol. The Hall–Kier alpha value is -1.65. The molecule has 2 rings (SSSR count). The Morgan fingerprint density at radius 2 is 2.06 bits per heavy atom. The first kappa shape index (κ1) is 12.8. The van der Waals surface area contributed by atoms with Crippen LogP contribution in [0.15, 0.2) is 6.07 Å². The van der Waals surface area contributed by atoms with E-state index in [2.05, 4.69) is 15.3 Å². The summed E-state index contributed by atoms with van der Waals surface area (Å²) in [6, 6.07) is 1.90. The maximum absolute atomic E-state index is 11.8. The van der Waals surface area contributed by atoms with Crippen LogP contribution in [0.4, 0.5) is 5.82 Å². The largest absolute Gasteiger partial charge is 0.369 e. The first-order valence-electron chi connectivity index (χ1n) is 6.49. The number of rotatable bonds is 4. The zero-order valence-corrected chi connectivity index (χ0v) is 11.1. The number of nitrogens with one attached hydrogen (secondary N) is 1. The van der Waals surface area contributed by atoms with Gasteiger partial charge in [-0.15, -0.1) is 0 Å². The molecule has 1 aromatic heterocycles. The minimum Gasteiger partial charge on any atom is -0.369 e. The molecule has 0 radical (unpaired) electrons. The van der Waals surface area contributed by atoms with E-state index >= 15 is 0 Å². The van der Waals surface area contributed by atoms with Gasteiger partial charge in [-0.3, -0.25) is 4.79 Å². The third kappa shape index (κ3) is 3.42. The Morgan fingerprint density at radius 1 is 1.33 bits per heavy atom. The van der Waals surface area contributed by atoms with Gasteiger partial charge in [0.25, 0.3) is 0 Å². The van der Waals surface area contributed by atoms with E-state index in [1.807, 2.05) is 24.8 Å². The van der Waals surface area contributed by atoms with E-state index in [4.69, 9.17) is 0 Å². The second-order valence-corrected chi connectivity index (χ2v) is 4.71. The highest BCUT2D eigenvalue weighted by atomic mass is 16.2. The molecular formula is C13H20N4O. The first-order chi connectivity index (χ1) is 8.65. The SMILES string of the molecule is Cc1cc(NCCC(=O)N2CCCC2)nc(C)n1. The zero-order chi connectivity index (χ0) is 13.0. The summed E-state index contributed by atoms with van der Waals surface area (Å²) in [5, 5.41) is 3.18. The Balaban J connectivity index is 1.79. The van der Waals surface area contributed by atoms with Crippen LogP contribution in [0, 0.1) is 13.8 Å². The van der Waals surface area contributed by atoms with E-state index in [0.717, 1.165) is 43.3 Å². The van der Waals surface area contributed by atoms with Crippen LogP contribution in [-0.4, -0.2) is 40.4 Å². The van der Waals surface area contributed by atoms with Crippen LogP contribution >= 0.6 is 0 Å². The van der Waals surface area contributed by atoms with Gasteiger partial charge in [-0.1, -0.05) is 0 Å². The number of aryl methyl sites for hydroxylation is 2. The van der Waals surface area contributed by atoms with E-state index in [1.54, 1.807) is 0 Å². The van der Waals surface area contributed by atoms with E-state index in [9.17, 15) is 4.79 Å². The Kier molecular flexibility index (Phi) is 4.12. The smallest absolute Gasteiger partial charge is 0.224 e. The van der Waals surface area contributed by atoms with Crippen molar-refractivity contribution in [1.82, 2.24) is 14.9 Å². The van der Waals surface area contributed by atoms with Gasteiger partial charge in [0.15, 0.2) is 0 Å². The van der Waals surface area contributed by atoms with Gasteiger partial charge in [-0.05, 0) is 26.7 Å². The van der Waals surface area contributed by atoms with Crippen LogP contribution in [0.3, 0.4) is 0 Å². The lowest BCUT2D eigenvalue weighted by Crippen LogP contribution is -2.29. The Bertz CT molecular complexity index is 407. The summed E-state index contributed by atoms with van der Waals surface area (Å²) in [6.07, 6.45) is 2.81. The summed E-state index contributed by atoms with van der Waals surface area (Å²) in [5.41, 5.74) is 0.941. The number of aromatic nitrogens is 2. The van der Waals surface area contributed by atoms with Gasteiger partial charge in [0, 0.05) is 37.8 Å². The molecule has 1 aliphatic heterocycles. The standard InChI is InChI=1S/C13H20N4O/c1-10-9-12(16-11(2)15-10)14-6-5-13(18)17-7-3-4-8-17/h9H,3-8H2,1-2H3,(H,14,15,16). The molecule has 1 amide bonds. The molecule has 0 unspecified atom stereocenters. The van der Waals surface area contributed by atoms with E-state index in [-0.39, 0.29) is 5.91 Å². The maximum atomic E-state index is 11.8. The second-order valence-electron chi connectivity index (χ2n) is 4.71. The van der Waals surface area contributed by atoms with Crippen molar-refractivity contribution < 1.29 is 4.79 Å². The fourth-order valence-electron chi connectivity index (χ4n) is 2.23. The first-order valence-corrected chi connectivity index (χ1v) is 6.49. The van der Waals surface area contributed by atoms with E-state index in [0.29, 0.717) is 13.0 Å². The lowest BCUT2D eigenvalue weighted by molar-refractivity contribution is -0.129. The Labute approximate surface area is 108 Å². The van der Waals surface area contributed by atoms with Crippen LogP contribution in [0.1, 0.15) is 30.8 Å². The van der Waals surface area contributed by atoms with Crippen molar-refractivity contribution >= 4 is 11.7 Å². The molecule has 5 heteroatoms. The number of hydrogen-bond donors (Lipinski definition) is 1. The number of amides is 1. The number of anilines is 1. The summed E-state index contributed by atoms with van der Waals surface area (Å²) >= 11 is 0. The lowest BCUT2D eigenvalue weighted by Gasteiger charge is -2.15. The quantitative estimate of drug-likeness (QED) is 0.877. The zero-order valence-electron chi connectivity index (χ0n) is 11.1. The van der Waals surface area contributed by atoms with Gasteiger partial charge in [0.1, 0.15) is 11.6 Å². The molecule has 0 spiro atoms. The molecule has 5 nitrogen and oxygen atoms in total. The minimum absolute atomic E-state index is 0.238. The molecule has 1 aromatic rings. The summed E-state index contributed by atoms with van der Waals surface area (Å²) in [5.74, 6) is 1.79. The van der Waals surface area contributed by atoms with Crippen molar-refractivity contribution in [3.8, 4) is 0 Å². The topological polar surface area (TPSA) is 58.1 Å². The molecule has 1 saturated heterocycles. The molecule has 1 N–H and O–H groups in total. The minimum atomic E-state index is 0.238. The summed E-state index contributed by atoms with van der Waals surface area (Å²) in [7, 11) is 0. The molecule has 1 fully saturated rings. The number of carbonyl (C=O) groups is 1. The van der Waals surface area contributed by atoms with Crippen molar-refractivity contribution in [2.75, 3.05) is 25.0 Å². The van der Waals surface area contributed by atoms with Crippen molar-refractivity contribution in [3.63, 3.8) is 0 Å². The second kappa shape index (κ2) is 5.80. The van der Waals surface area contributed by atoms with Crippen molar-refractivity contribution in [1.29, 1.82) is 0 Å². The molecule has 1 aliphatic rings. The number of carbonyl (C=O) groups excluding carboxylic acids is 1. The van der Waals surface area contributed by atoms with Gasteiger partial charge in [-0.25, -0.2) is 9.97 Å². The Morgan fingerprint density at radius 3 is 2.72 bits per heavy atom. The van der Waals surface area contributed by atoms with Crippen LogP contribution in [0.25, 0.3) is 0 Å². The average Bonchev–Trinajstić information content (AvgIpc) is 2.80. The maximum Gasteiger partial charge on any atom is 0.224 e. The normalized spacial score (nSPS) is 14.9. The van der Waals surface area contributed by atoms with Crippen LogP contribution in [-0.2, 0) is 4.79 Å². The van der Waals surface area contributed by atoms with E-state index in [1.165, 1.54) is 0 Å². The predicted molar refractivity (Wildman–Crippen MR) is 70.4 cm³/mol. The van der Waals surface area contributed by atoms with Gasteiger partial charge >= 0.3 is 0 Å². The highest BCUT2D eigenvalue weighted by Gasteiger charge is 2.16. The van der Waals surface area contributed by atoms with Gasteiger partial charge in [-0.2, -0.15) is 0 Å². The average molecular weight is 248 g/mol. The fourth-order valence-corrected chi connectivity index (χ4v) is 2.23. The molecule has 0 bridgehead atoms. The molecule has 98 valence electrons. The highest BCUT2D eigenvalue weighted by molar-refractivity contribution is 5.76. The molecule has 0 aliphatic carbocycles. The number of nitrogens with zero attached hydrogens (tertiary/aromatic N) is 3.